The van der Waals surface area contributed by atoms with Crippen LogP contribution in [0.1, 0.15) is 76.8 Å². The molecule has 0 spiro atoms. The molecular formula is C36H44F2N2O6S. The van der Waals surface area contributed by atoms with E-state index in [-0.39, 0.29) is 48.1 Å². The van der Waals surface area contributed by atoms with Gasteiger partial charge >= 0.3 is 5.97 Å². The van der Waals surface area contributed by atoms with Crippen LogP contribution in [0.4, 0.5) is 8.78 Å². The molecule has 2 aromatic carbocycles. The summed E-state index contributed by atoms with van der Waals surface area (Å²) >= 11 is 0. The van der Waals surface area contributed by atoms with E-state index in [2.05, 4.69) is 4.72 Å². The highest BCUT2D eigenvalue weighted by Gasteiger charge is 2.50. The van der Waals surface area contributed by atoms with Crippen LogP contribution in [-0.4, -0.2) is 52.5 Å². The SMILES string of the molecule is CC(C)c1c(S(=O)(=O)NC2C3CC4CC(C3)CC2C4)c(-c2ccc(F)cc2)c(-c2ccc(F)cc2)n1CC[C@@H](O)C[C@@H](O)CC(=O)O. The molecule has 11 heteroatoms. The summed E-state index contributed by atoms with van der Waals surface area (Å²) in [6.45, 7) is 3.91. The van der Waals surface area contributed by atoms with E-state index >= 15 is 0 Å². The molecular weight excluding hydrogens is 626 g/mol. The van der Waals surface area contributed by atoms with E-state index in [0.717, 1.165) is 25.7 Å². The number of hydrogen-bond acceptors (Lipinski definition) is 5. The van der Waals surface area contributed by atoms with E-state index in [1.54, 1.807) is 24.3 Å². The standard InChI is InChI=1S/C36H44F2N2O6S/c1-20(2)34-36(47(45,46)39-33-25-14-21-13-22(16-25)17-26(33)15-21)32(23-3-7-27(37)8-4-23)35(24-5-9-28(38)10-6-24)40(34)12-11-29(41)18-30(42)19-31(43)44/h3-10,20-22,25-26,29-30,33,39,41-42H,11-19H2,1-2H3,(H,43,44)/t21?,22?,25?,26?,29-,30-,33?/m1/s1. The van der Waals surface area contributed by atoms with Crippen LogP contribution in [0, 0.1) is 35.3 Å². The van der Waals surface area contributed by atoms with Crippen LogP contribution in [0.3, 0.4) is 0 Å². The number of nitrogens with zero attached hydrogens (tertiary/aromatic N) is 1. The van der Waals surface area contributed by atoms with E-state index in [1.807, 2.05) is 18.4 Å². The minimum atomic E-state index is -4.16. The summed E-state index contributed by atoms with van der Waals surface area (Å²) in [6, 6.07) is 11.2. The van der Waals surface area contributed by atoms with Gasteiger partial charge in [0.1, 0.15) is 16.5 Å². The predicted octanol–water partition coefficient (Wildman–Crippen LogP) is 6.30. The van der Waals surface area contributed by atoms with Crippen LogP contribution >= 0.6 is 0 Å². The summed E-state index contributed by atoms with van der Waals surface area (Å²) in [6.07, 6.45) is 2.42. The topological polar surface area (TPSA) is 129 Å². The van der Waals surface area contributed by atoms with Gasteiger partial charge in [-0.15, -0.1) is 0 Å². The molecule has 2 atom stereocenters. The fourth-order valence-electron chi connectivity index (χ4n) is 8.83. The summed E-state index contributed by atoms with van der Waals surface area (Å²) < 4.78 is 63.1. The monoisotopic (exact) mass is 670 g/mol. The van der Waals surface area contributed by atoms with Gasteiger partial charge in [-0.2, -0.15) is 0 Å². The molecule has 0 amide bonds. The van der Waals surface area contributed by atoms with Gasteiger partial charge in [-0.1, -0.05) is 26.0 Å². The maximum atomic E-state index is 14.9. The Morgan fingerprint density at radius 2 is 1.40 bits per heavy atom. The number of rotatable bonds is 13. The summed E-state index contributed by atoms with van der Waals surface area (Å²) in [5, 5.41) is 30.1. The number of sulfonamides is 1. The van der Waals surface area contributed by atoms with E-state index in [1.165, 1.54) is 30.7 Å². The van der Waals surface area contributed by atoms with E-state index in [0.29, 0.717) is 39.9 Å². The van der Waals surface area contributed by atoms with Crippen molar-refractivity contribution >= 4 is 16.0 Å². The fraction of sp³-hybridized carbons (Fsp3) is 0.528. The second-order valence-electron chi connectivity index (χ2n) is 14.3. The number of carboxylic acids is 1. The highest BCUT2D eigenvalue weighted by Crippen LogP contribution is 2.54. The molecule has 0 radical (unpaired) electrons. The molecule has 4 saturated carbocycles. The highest BCUT2D eigenvalue weighted by molar-refractivity contribution is 7.89. The van der Waals surface area contributed by atoms with Crippen molar-refractivity contribution in [2.24, 2.45) is 23.7 Å². The fourth-order valence-corrected chi connectivity index (χ4v) is 10.8. The minimum absolute atomic E-state index is 0.0879. The van der Waals surface area contributed by atoms with Crippen LogP contribution in [0.15, 0.2) is 53.4 Å². The van der Waals surface area contributed by atoms with Crippen molar-refractivity contribution in [1.82, 2.24) is 9.29 Å². The molecule has 4 bridgehead atoms. The number of hydrogen-bond donors (Lipinski definition) is 4. The Hall–Kier alpha value is -3.12. The maximum Gasteiger partial charge on any atom is 0.305 e. The van der Waals surface area contributed by atoms with E-state index < -0.39 is 46.3 Å². The van der Waals surface area contributed by atoms with Crippen molar-refractivity contribution in [3.05, 3.63) is 65.9 Å². The third-order valence-electron chi connectivity index (χ3n) is 10.5. The average Bonchev–Trinajstić information content (AvgIpc) is 3.34. The number of halogens is 2. The number of benzene rings is 2. The zero-order chi connectivity index (χ0) is 33.6. The molecule has 254 valence electrons. The zero-order valence-electron chi connectivity index (χ0n) is 26.8. The van der Waals surface area contributed by atoms with Crippen molar-refractivity contribution in [2.75, 3.05) is 0 Å². The molecule has 1 aromatic heterocycles. The molecule has 0 aliphatic heterocycles. The van der Waals surface area contributed by atoms with Crippen LogP contribution in [0.2, 0.25) is 0 Å². The molecule has 4 aliphatic rings. The summed E-state index contributed by atoms with van der Waals surface area (Å²) in [7, 11) is -4.16. The molecule has 0 saturated heterocycles. The van der Waals surface area contributed by atoms with Crippen molar-refractivity contribution in [3.63, 3.8) is 0 Å². The lowest BCUT2D eigenvalue weighted by Crippen LogP contribution is -2.55. The summed E-state index contributed by atoms with van der Waals surface area (Å²) in [4.78, 5) is 11.2. The highest BCUT2D eigenvalue weighted by atomic mass is 32.2. The summed E-state index contributed by atoms with van der Waals surface area (Å²) in [5.74, 6) is -0.549. The van der Waals surface area contributed by atoms with Gasteiger partial charge in [-0.05, 0) is 122 Å². The molecule has 3 aromatic rings. The van der Waals surface area contributed by atoms with E-state index in [4.69, 9.17) is 5.11 Å². The lowest BCUT2D eigenvalue weighted by Gasteiger charge is -2.54. The van der Waals surface area contributed by atoms with E-state index in [9.17, 15) is 32.2 Å². The first-order chi connectivity index (χ1) is 22.3. The first kappa shape index (κ1) is 33.8. The smallest absolute Gasteiger partial charge is 0.305 e. The lowest BCUT2D eigenvalue weighted by atomic mass is 9.54. The third kappa shape index (κ3) is 7.04. The Labute approximate surface area is 274 Å². The number of nitrogens with one attached hydrogen (secondary N) is 1. The minimum Gasteiger partial charge on any atom is -0.481 e. The largest absolute Gasteiger partial charge is 0.481 e. The van der Waals surface area contributed by atoms with Gasteiger partial charge in [0.15, 0.2) is 0 Å². The Balaban J connectivity index is 1.49. The summed E-state index contributed by atoms with van der Waals surface area (Å²) in [5.41, 5.74) is 2.39. The lowest BCUT2D eigenvalue weighted by molar-refractivity contribution is -0.139. The molecule has 47 heavy (non-hydrogen) atoms. The van der Waals surface area contributed by atoms with Crippen molar-refractivity contribution in [1.29, 1.82) is 0 Å². The van der Waals surface area contributed by atoms with Crippen molar-refractivity contribution < 1.29 is 37.3 Å². The Morgan fingerprint density at radius 1 is 0.872 bits per heavy atom. The van der Waals surface area contributed by atoms with Crippen LogP contribution < -0.4 is 4.72 Å². The third-order valence-corrected chi connectivity index (χ3v) is 12.0. The van der Waals surface area contributed by atoms with Gasteiger partial charge in [0.25, 0.3) is 0 Å². The molecule has 4 aliphatic carbocycles. The quantitative estimate of drug-likeness (QED) is 0.169. The van der Waals surface area contributed by atoms with Gasteiger partial charge in [0.05, 0.1) is 24.3 Å². The Morgan fingerprint density at radius 3 is 1.91 bits per heavy atom. The first-order valence-corrected chi connectivity index (χ1v) is 18.2. The number of carbonyl (C=O) groups is 1. The molecule has 0 unspecified atom stereocenters. The van der Waals surface area contributed by atoms with Crippen LogP contribution in [-0.2, 0) is 21.4 Å². The Kier molecular flexibility index (Phi) is 9.64. The maximum absolute atomic E-state index is 14.9. The number of aliphatic hydroxyl groups excluding tert-OH is 2. The van der Waals surface area contributed by atoms with Gasteiger partial charge < -0.3 is 19.9 Å². The van der Waals surface area contributed by atoms with Crippen LogP contribution in [0.25, 0.3) is 22.4 Å². The molecule has 4 fully saturated rings. The molecule has 8 nitrogen and oxygen atoms in total. The molecule has 4 N–H and O–H groups in total. The second-order valence-corrected chi connectivity index (χ2v) is 15.9. The van der Waals surface area contributed by atoms with Crippen LogP contribution in [0.5, 0.6) is 0 Å². The first-order valence-electron chi connectivity index (χ1n) is 16.7. The number of aliphatic hydroxyl groups is 2. The second kappa shape index (κ2) is 13.4. The average molecular weight is 671 g/mol. The number of aromatic nitrogens is 1. The van der Waals surface area contributed by atoms with Crippen molar-refractivity contribution in [2.45, 2.75) is 101 Å². The van der Waals surface area contributed by atoms with Gasteiger partial charge in [-0.25, -0.2) is 21.9 Å². The number of aliphatic carboxylic acids is 1. The van der Waals surface area contributed by atoms with Gasteiger partial charge in [0.2, 0.25) is 10.0 Å². The van der Waals surface area contributed by atoms with Crippen molar-refractivity contribution in [3.8, 4) is 22.4 Å². The molecule has 7 rings (SSSR count). The van der Waals surface area contributed by atoms with Gasteiger partial charge in [-0.3, -0.25) is 4.79 Å². The molecule has 1 heterocycles. The Bertz CT molecular complexity index is 1680. The van der Waals surface area contributed by atoms with Gasteiger partial charge in [0, 0.05) is 23.8 Å². The zero-order valence-corrected chi connectivity index (χ0v) is 27.6. The number of carboxylic acid groups (broad SMARTS) is 1. The predicted molar refractivity (Wildman–Crippen MR) is 174 cm³/mol. The normalized spacial score (nSPS) is 25.0.